The zero-order chi connectivity index (χ0) is 26.0. The second-order valence-corrected chi connectivity index (χ2v) is 9.78. The first-order valence-electron chi connectivity index (χ1n) is 12.0. The van der Waals surface area contributed by atoms with Crippen LogP contribution < -0.4 is 10.1 Å². The van der Waals surface area contributed by atoms with Crippen molar-refractivity contribution >= 4 is 17.5 Å². The van der Waals surface area contributed by atoms with Gasteiger partial charge >= 0.3 is 6.18 Å². The van der Waals surface area contributed by atoms with Gasteiger partial charge in [0.1, 0.15) is 18.1 Å². The molecule has 1 fully saturated rings. The highest BCUT2D eigenvalue weighted by atomic mass is 35.5. The average molecular weight is 524 g/mol. The van der Waals surface area contributed by atoms with E-state index in [4.69, 9.17) is 20.8 Å². The maximum Gasteiger partial charge on any atom is 0.436 e. The molecule has 6 nitrogen and oxygen atoms in total. The van der Waals surface area contributed by atoms with E-state index in [9.17, 15) is 18.0 Å². The van der Waals surface area contributed by atoms with Crippen molar-refractivity contribution in [1.29, 1.82) is 0 Å². The number of aryl methyl sites for hydroxylation is 2. The number of carbonyl (C=O) groups excluding carboxylic acids is 1. The minimum absolute atomic E-state index is 0.0101. The summed E-state index contributed by atoms with van der Waals surface area (Å²) >= 11 is 6.00. The summed E-state index contributed by atoms with van der Waals surface area (Å²) in [5, 5.41) is 6.12. The molecular formula is C26H29ClF3N3O3. The third-order valence-electron chi connectivity index (χ3n) is 6.04. The van der Waals surface area contributed by atoms with Crippen molar-refractivity contribution in [3.8, 4) is 5.75 Å². The largest absolute Gasteiger partial charge is 0.485 e. The minimum atomic E-state index is -4.60. The summed E-state index contributed by atoms with van der Waals surface area (Å²) in [4.78, 5) is 12.5. The van der Waals surface area contributed by atoms with E-state index in [0.717, 1.165) is 29.7 Å². The maximum absolute atomic E-state index is 13.2. The molecule has 2 heterocycles. The Hall–Kier alpha value is -2.94. The second-order valence-electron chi connectivity index (χ2n) is 9.40. The van der Waals surface area contributed by atoms with Crippen molar-refractivity contribution in [1.82, 2.24) is 15.1 Å². The lowest BCUT2D eigenvalue weighted by Crippen LogP contribution is -2.25. The molecule has 1 aliphatic rings. The van der Waals surface area contributed by atoms with Crippen molar-refractivity contribution < 1.29 is 27.1 Å². The number of nitrogens with zero attached hydrogens (tertiary/aromatic N) is 2. The lowest BCUT2D eigenvalue weighted by Gasteiger charge is -2.14. The van der Waals surface area contributed by atoms with Crippen LogP contribution in [0, 0.1) is 6.92 Å². The molecule has 4 rings (SSSR count). The summed E-state index contributed by atoms with van der Waals surface area (Å²) in [7, 11) is 0. The number of benzene rings is 1. The molecule has 3 aromatic rings. The first-order chi connectivity index (χ1) is 17.0. The Kier molecular flexibility index (Phi) is 7.68. The quantitative estimate of drug-likeness (QED) is 0.295. The van der Waals surface area contributed by atoms with Crippen LogP contribution in [-0.4, -0.2) is 22.2 Å². The van der Waals surface area contributed by atoms with E-state index in [1.807, 2.05) is 25.1 Å². The lowest BCUT2D eigenvalue weighted by molar-refractivity contribution is -0.141. The van der Waals surface area contributed by atoms with Crippen molar-refractivity contribution in [3.05, 3.63) is 69.4 Å². The highest BCUT2D eigenvalue weighted by Gasteiger charge is 2.41. The number of amides is 1. The molecule has 1 aliphatic carbocycles. The number of hydrogen-bond donors (Lipinski definition) is 1. The third kappa shape index (κ3) is 6.06. The van der Waals surface area contributed by atoms with Crippen LogP contribution in [0.3, 0.4) is 0 Å². The minimum Gasteiger partial charge on any atom is -0.485 e. The van der Waals surface area contributed by atoms with E-state index in [1.165, 1.54) is 4.68 Å². The van der Waals surface area contributed by atoms with Crippen LogP contribution in [0.4, 0.5) is 13.2 Å². The Balaban J connectivity index is 1.29. The number of rotatable bonds is 10. The third-order valence-corrected chi connectivity index (χ3v) is 6.42. The van der Waals surface area contributed by atoms with E-state index in [1.54, 1.807) is 12.1 Å². The predicted molar refractivity (Wildman–Crippen MR) is 129 cm³/mol. The molecule has 0 spiro atoms. The van der Waals surface area contributed by atoms with Crippen LogP contribution >= 0.6 is 11.6 Å². The smallest absolute Gasteiger partial charge is 0.436 e. The van der Waals surface area contributed by atoms with Crippen LogP contribution in [0.2, 0.25) is 5.02 Å². The number of nitrogens with one attached hydrogen (secondary N) is 1. The van der Waals surface area contributed by atoms with Gasteiger partial charge in [-0.3, -0.25) is 9.48 Å². The fraction of sp³-hybridized carbons (Fsp3) is 0.462. The summed E-state index contributed by atoms with van der Waals surface area (Å²) in [6.07, 6.45) is -2.61. The van der Waals surface area contributed by atoms with Crippen LogP contribution in [0.1, 0.15) is 83.8 Å². The van der Waals surface area contributed by atoms with E-state index in [0.29, 0.717) is 23.8 Å². The van der Waals surface area contributed by atoms with Crippen LogP contribution in [0.25, 0.3) is 0 Å². The second kappa shape index (κ2) is 10.6. The van der Waals surface area contributed by atoms with Gasteiger partial charge in [-0.05, 0) is 61.4 Å². The van der Waals surface area contributed by atoms with Gasteiger partial charge in [-0.1, -0.05) is 37.6 Å². The summed E-state index contributed by atoms with van der Waals surface area (Å²) < 4.78 is 52.5. The van der Waals surface area contributed by atoms with Gasteiger partial charge in [0, 0.05) is 19.0 Å². The van der Waals surface area contributed by atoms with Crippen molar-refractivity contribution in [3.63, 3.8) is 0 Å². The molecule has 1 amide bonds. The SMILES string of the molecule is Cc1ccc(C(C)C)c(OCc2ccc(C(=O)NCCCn3nc(C(F)(F)F)c(Cl)c3C3CC3)o2)c1. The number of carbonyl (C=O) groups is 1. The number of alkyl halides is 3. The van der Waals surface area contributed by atoms with Gasteiger partial charge in [-0.25, -0.2) is 0 Å². The molecule has 194 valence electrons. The molecule has 0 aliphatic heterocycles. The Morgan fingerprint density at radius 1 is 1.28 bits per heavy atom. The molecule has 10 heteroatoms. The molecular weight excluding hydrogens is 495 g/mol. The molecule has 0 atom stereocenters. The number of aromatic nitrogens is 2. The summed E-state index contributed by atoms with van der Waals surface area (Å²) in [5.74, 6) is 1.34. The summed E-state index contributed by atoms with van der Waals surface area (Å²) in [6, 6.07) is 9.32. The summed E-state index contributed by atoms with van der Waals surface area (Å²) in [5.41, 5.74) is 1.56. The standard InChI is InChI=1S/C26H29ClF3N3O3/c1-15(2)19-9-5-16(3)13-21(19)35-14-18-8-10-20(36-18)25(34)31-11-4-12-33-23(17-6-7-17)22(27)24(32-33)26(28,29)30/h5,8-10,13,15,17H,4,6-7,11-12,14H2,1-3H3,(H,31,34). The molecule has 0 bridgehead atoms. The van der Waals surface area contributed by atoms with E-state index in [2.05, 4.69) is 24.3 Å². The van der Waals surface area contributed by atoms with Crippen molar-refractivity contribution in [2.75, 3.05) is 6.54 Å². The van der Waals surface area contributed by atoms with Gasteiger partial charge in [0.15, 0.2) is 11.5 Å². The monoisotopic (exact) mass is 523 g/mol. The highest BCUT2D eigenvalue weighted by molar-refractivity contribution is 6.32. The Bertz CT molecular complexity index is 1230. The van der Waals surface area contributed by atoms with Gasteiger partial charge < -0.3 is 14.5 Å². The fourth-order valence-corrected chi connectivity index (χ4v) is 4.44. The Morgan fingerprint density at radius 3 is 2.69 bits per heavy atom. The summed E-state index contributed by atoms with van der Waals surface area (Å²) in [6.45, 7) is 6.83. The van der Waals surface area contributed by atoms with Gasteiger partial charge in [0.25, 0.3) is 5.91 Å². The van der Waals surface area contributed by atoms with Gasteiger partial charge in [-0.2, -0.15) is 18.3 Å². The van der Waals surface area contributed by atoms with Gasteiger partial charge in [0.2, 0.25) is 0 Å². The topological polar surface area (TPSA) is 69.3 Å². The normalized spacial score (nSPS) is 13.9. The maximum atomic E-state index is 13.2. The van der Waals surface area contributed by atoms with Gasteiger partial charge in [-0.15, -0.1) is 0 Å². The number of halogens is 4. The number of hydrogen-bond acceptors (Lipinski definition) is 4. The van der Waals surface area contributed by atoms with E-state index >= 15 is 0 Å². The van der Waals surface area contributed by atoms with Crippen molar-refractivity contribution in [2.24, 2.45) is 0 Å². The first kappa shape index (κ1) is 26.1. The Morgan fingerprint density at radius 2 is 2.03 bits per heavy atom. The van der Waals surface area contributed by atoms with Crippen LogP contribution in [0.15, 0.2) is 34.7 Å². The first-order valence-corrected chi connectivity index (χ1v) is 12.4. The number of furan rings is 1. The number of ether oxygens (including phenoxy) is 1. The zero-order valence-electron chi connectivity index (χ0n) is 20.4. The molecule has 1 aromatic carbocycles. The molecule has 36 heavy (non-hydrogen) atoms. The molecule has 1 saturated carbocycles. The van der Waals surface area contributed by atoms with Crippen LogP contribution in [-0.2, 0) is 19.3 Å². The van der Waals surface area contributed by atoms with Gasteiger partial charge in [0.05, 0.1) is 10.7 Å². The van der Waals surface area contributed by atoms with Crippen molar-refractivity contribution in [2.45, 2.75) is 71.2 Å². The molecule has 0 unspecified atom stereocenters. The van der Waals surface area contributed by atoms with E-state index in [-0.39, 0.29) is 36.4 Å². The Labute approximate surface area is 212 Å². The zero-order valence-corrected chi connectivity index (χ0v) is 21.2. The lowest BCUT2D eigenvalue weighted by atomic mass is 10.0. The molecule has 0 radical (unpaired) electrons. The average Bonchev–Trinajstić information content (AvgIpc) is 3.41. The van der Waals surface area contributed by atoms with Crippen LogP contribution in [0.5, 0.6) is 5.75 Å². The molecule has 2 aromatic heterocycles. The van der Waals surface area contributed by atoms with E-state index < -0.39 is 17.8 Å². The highest BCUT2D eigenvalue weighted by Crippen LogP contribution is 2.46. The molecule has 0 saturated heterocycles. The fourth-order valence-electron chi connectivity index (χ4n) is 4.04. The molecule has 1 N–H and O–H groups in total. The predicted octanol–water partition coefficient (Wildman–Crippen LogP) is 6.86.